The number of amides is 1. The van der Waals surface area contributed by atoms with E-state index in [2.05, 4.69) is 5.32 Å². The average Bonchev–Trinajstić information content (AvgIpc) is 2.64. The first-order valence-corrected chi connectivity index (χ1v) is 9.03. The van der Waals surface area contributed by atoms with Gasteiger partial charge in [-0.05, 0) is 38.8 Å². The number of esters is 1. The average molecular weight is 369 g/mol. The van der Waals surface area contributed by atoms with E-state index < -0.39 is 17.1 Å². The lowest BCUT2D eigenvalue weighted by Gasteiger charge is -2.32. The predicted octanol–water partition coefficient (Wildman–Crippen LogP) is 3.42. The summed E-state index contributed by atoms with van der Waals surface area (Å²) in [6, 6.07) is 18.4. The van der Waals surface area contributed by atoms with Gasteiger partial charge in [0.1, 0.15) is 0 Å². The van der Waals surface area contributed by atoms with Crippen LogP contribution in [0.15, 0.2) is 60.7 Å². The summed E-state index contributed by atoms with van der Waals surface area (Å²) in [4.78, 5) is 25.3. The zero-order valence-corrected chi connectivity index (χ0v) is 16.3. The van der Waals surface area contributed by atoms with Crippen molar-refractivity contribution in [1.29, 1.82) is 0 Å². The van der Waals surface area contributed by atoms with Crippen LogP contribution < -0.4 is 5.32 Å². The van der Waals surface area contributed by atoms with E-state index in [-0.39, 0.29) is 12.5 Å². The van der Waals surface area contributed by atoms with Gasteiger partial charge >= 0.3 is 5.97 Å². The van der Waals surface area contributed by atoms with Crippen LogP contribution >= 0.6 is 0 Å². The minimum absolute atomic E-state index is 0.299. The molecule has 2 rings (SSSR count). The van der Waals surface area contributed by atoms with E-state index >= 15 is 0 Å². The molecule has 0 radical (unpaired) electrons. The molecule has 2 aromatic rings. The molecule has 1 N–H and O–H groups in total. The number of hydrogen-bond donors (Lipinski definition) is 1. The summed E-state index contributed by atoms with van der Waals surface area (Å²) in [5.41, 5.74) is -0.530. The van der Waals surface area contributed by atoms with E-state index in [0.29, 0.717) is 17.7 Å². The molecule has 27 heavy (non-hydrogen) atoms. The maximum atomic E-state index is 13.2. The number of nitrogens with one attached hydrogen (secondary N) is 1. The lowest BCUT2D eigenvalue weighted by molar-refractivity contribution is -0.170. The van der Waals surface area contributed by atoms with Gasteiger partial charge in [0.25, 0.3) is 5.91 Å². The van der Waals surface area contributed by atoms with Crippen LogP contribution in [0.2, 0.25) is 0 Å². The second-order valence-electron chi connectivity index (χ2n) is 7.22. The lowest BCUT2D eigenvalue weighted by Crippen LogP contribution is -2.46. The number of ether oxygens (including phenoxy) is 2. The number of rotatable bonds is 7. The smallest absolute Gasteiger partial charge is 0.348 e. The Morgan fingerprint density at radius 2 is 1.37 bits per heavy atom. The molecular formula is C22H27NO4. The fraction of sp³-hybridized carbons (Fsp3) is 0.364. The summed E-state index contributed by atoms with van der Waals surface area (Å²) in [5.74, 6) is -0.979. The fourth-order valence-electron chi connectivity index (χ4n) is 2.88. The summed E-state index contributed by atoms with van der Waals surface area (Å²) in [6.07, 6.45) is 0. The van der Waals surface area contributed by atoms with Crippen LogP contribution in [-0.4, -0.2) is 30.6 Å². The second-order valence-corrected chi connectivity index (χ2v) is 7.22. The standard InChI is InChI=1S/C22H27NO4/c1-5-27-22(17-12-8-6-9-13-17,18-14-10-7-11-15-18)20(25)26-16-19(24)23-21(2,3)4/h6-15H,5,16H2,1-4H3,(H,23,24). The molecule has 0 aliphatic rings. The molecule has 5 nitrogen and oxygen atoms in total. The van der Waals surface area contributed by atoms with Gasteiger partial charge < -0.3 is 14.8 Å². The third kappa shape index (κ3) is 5.17. The molecule has 0 aromatic heterocycles. The Labute approximate surface area is 160 Å². The SMILES string of the molecule is CCOC(C(=O)OCC(=O)NC(C)(C)C)(c1ccccc1)c1ccccc1. The third-order valence-corrected chi connectivity index (χ3v) is 3.86. The molecule has 0 saturated heterocycles. The topological polar surface area (TPSA) is 64.6 Å². The molecule has 144 valence electrons. The van der Waals surface area contributed by atoms with Gasteiger partial charge in [-0.2, -0.15) is 0 Å². The van der Waals surface area contributed by atoms with Crippen molar-refractivity contribution >= 4 is 11.9 Å². The van der Waals surface area contributed by atoms with Crippen LogP contribution in [0, 0.1) is 0 Å². The molecule has 0 unspecified atom stereocenters. The second kappa shape index (κ2) is 8.82. The zero-order chi connectivity index (χ0) is 19.9. The van der Waals surface area contributed by atoms with Crippen molar-refractivity contribution in [3.05, 3.63) is 71.8 Å². The summed E-state index contributed by atoms with van der Waals surface area (Å²) in [6.45, 7) is 7.35. The number of carbonyl (C=O) groups is 2. The van der Waals surface area contributed by atoms with Crippen molar-refractivity contribution in [3.8, 4) is 0 Å². The molecular weight excluding hydrogens is 342 g/mol. The van der Waals surface area contributed by atoms with Crippen LogP contribution in [-0.2, 0) is 24.7 Å². The summed E-state index contributed by atoms with van der Waals surface area (Å²) >= 11 is 0. The highest BCUT2D eigenvalue weighted by Gasteiger charge is 2.45. The van der Waals surface area contributed by atoms with Crippen LogP contribution in [0.25, 0.3) is 0 Å². The Hall–Kier alpha value is -2.66. The van der Waals surface area contributed by atoms with E-state index in [4.69, 9.17) is 9.47 Å². The quantitative estimate of drug-likeness (QED) is 0.760. The van der Waals surface area contributed by atoms with Gasteiger partial charge in [-0.3, -0.25) is 4.79 Å². The van der Waals surface area contributed by atoms with Gasteiger partial charge in [0, 0.05) is 12.1 Å². The summed E-state index contributed by atoms with van der Waals surface area (Å²) < 4.78 is 11.4. The van der Waals surface area contributed by atoms with Crippen LogP contribution in [0.3, 0.4) is 0 Å². The first-order chi connectivity index (χ1) is 12.8. The van der Waals surface area contributed by atoms with Crippen molar-refractivity contribution in [1.82, 2.24) is 5.32 Å². The van der Waals surface area contributed by atoms with Gasteiger partial charge in [0.05, 0.1) is 0 Å². The normalized spacial score (nSPS) is 11.7. The van der Waals surface area contributed by atoms with E-state index in [9.17, 15) is 9.59 Å². The Bertz CT molecular complexity index is 711. The van der Waals surface area contributed by atoms with E-state index in [1.165, 1.54) is 0 Å². The monoisotopic (exact) mass is 369 g/mol. The number of hydrogen-bond acceptors (Lipinski definition) is 4. The molecule has 0 fully saturated rings. The van der Waals surface area contributed by atoms with Crippen molar-refractivity contribution < 1.29 is 19.1 Å². The minimum atomic E-state index is -1.43. The summed E-state index contributed by atoms with van der Waals surface area (Å²) in [7, 11) is 0. The maximum absolute atomic E-state index is 13.2. The molecule has 5 heteroatoms. The highest BCUT2D eigenvalue weighted by Crippen LogP contribution is 2.35. The van der Waals surface area contributed by atoms with Gasteiger partial charge in [0.2, 0.25) is 5.60 Å². The Morgan fingerprint density at radius 3 is 1.78 bits per heavy atom. The highest BCUT2D eigenvalue weighted by atomic mass is 16.6. The Kier molecular flexibility index (Phi) is 6.75. The molecule has 0 aliphatic heterocycles. The molecule has 0 bridgehead atoms. The van der Waals surface area contributed by atoms with Gasteiger partial charge in [-0.15, -0.1) is 0 Å². The van der Waals surface area contributed by atoms with Crippen molar-refractivity contribution in [3.63, 3.8) is 0 Å². The van der Waals surface area contributed by atoms with Crippen LogP contribution in [0.5, 0.6) is 0 Å². The molecule has 0 aliphatic carbocycles. The number of carbonyl (C=O) groups excluding carboxylic acids is 2. The van der Waals surface area contributed by atoms with Gasteiger partial charge in [-0.1, -0.05) is 60.7 Å². The van der Waals surface area contributed by atoms with Crippen LogP contribution in [0.1, 0.15) is 38.8 Å². The van der Waals surface area contributed by atoms with E-state index in [1.807, 2.05) is 88.4 Å². The number of benzene rings is 2. The predicted molar refractivity (Wildman–Crippen MR) is 104 cm³/mol. The largest absolute Gasteiger partial charge is 0.453 e. The van der Waals surface area contributed by atoms with Gasteiger partial charge in [0.15, 0.2) is 6.61 Å². The molecule has 0 atom stereocenters. The molecule has 2 aromatic carbocycles. The molecule has 1 amide bonds. The highest BCUT2D eigenvalue weighted by molar-refractivity contribution is 5.88. The van der Waals surface area contributed by atoms with Crippen LogP contribution in [0.4, 0.5) is 0 Å². The Morgan fingerprint density at radius 1 is 0.889 bits per heavy atom. The molecule has 0 spiro atoms. The van der Waals surface area contributed by atoms with Crippen molar-refractivity contribution in [2.75, 3.05) is 13.2 Å². The fourth-order valence-corrected chi connectivity index (χ4v) is 2.88. The third-order valence-electron chi connectivity index (χ3n) is 3.86. The van der Waals surface area contributed by atoms with Gasteiger partial charge in [-0.25, -0.2) is 4.79 Å². The maximum Gasteiger partial charge on any atom is 0.348 e. The minimum Gasteiger partial charge on any atom is -0.453 e. The molecule has 0 heterocycles. The Balaban J connectivity index is 2.37. The summed E-state index contributed by atoms with van der Waals surface area (Å²) in [5, 5.41) is 2.78. The first kappa shape index (κ1) is 20.6. The van der Waals surface area contributed by atoms with E-state index in [0.717, 1.165) is 0 Å². The van der Waals surface area contributed by atoms with Crippen molar-refractivity contribution in [2.24, 2.45) is 0 Å². The van der Waals surface area contributed by atoms with E-state index in [1.54, 1.807) is 0 Å². The lowest BCUT2D eigenvalue weighted by atomic mass is 9.86. The molecule has 0 saturated carbocycles. The zero-order valence-electron chi connectivity index (χ0n) is 16.3. The first-order valence-electron chi connectivity index (χ1n) is 9.03. The van der Waals surface area contributed by atoms with Crippen molar-refractivity contribution in [2.45, 2.75) is 38.8 Å².